The second kappa shape index (κ2) is 7.98. The number of nitrogens with two attached hydrogens (primary N) is 1. The van der Waals surface area contributed by atoms with Gasteiger partial charge in [0.15, 0.2) is 0 Å². The van der Waals surface area contributed by atoms with Crippen molar-refractivity contribution >= 4 is 22.4 Å². The molecule has 0 spiro atoms. The van der Waals surface area contributed by atoms with Crippen LogP contribution < -0.4 is 10.5 Å². The average Bonchev–Trinajstić information content (AvgIpc) is 2.40. The van der Waals surface area contributed by atoms with E-state index in [1.54, 1.807) is 0 Å². The first kappa shape index (κ1) is 17.4. The maximum atomic E-state index is 12.1. The van der Waals surface area contributed by atoms with Gasteiger partial charge in [-0.1, -0.05) is 43.2 Å². The highest BCUT2D eigenvalue weighted by Crippen LogP contribution is 2.17. The molecule has 1 aliphatic rings. The molecule has 0 saturated heterocycles. The van der Waals surface area contributed by atoms with Crippen molar-refractivity contribution in [1.82, 2.24) is 4.72 Å². The number of sulfonamides is 1. The number of aryl methyl sites for hydroxylation is 1. The summed E-state index contributed by atoms with van der Waals surface area (Å²) in [4.78, 5) is 0. The fourth-order valence-electron chi connectivity index (χ4n) is 2.49. The van der Waals surface area contributed by atoms with Crippen molar-refractivity contribution in [1.29, 1.82) is 0 Å². The Balaban J connectivity index is 0.00000200. The van der Waals surface area contributed by atoms with Gasteiger partial charge in [-0.15, -0.1) is 12.4 Å². The minimum Gasteiger partial charge on any atom is -0.326 e. The van der Waals surface area contributed by atoms with E-state index in [4.69, 9.17) is 5.73 Å². The van der Waals surface area contributed by atoms with E-state index in [1.807, 2.05) is 30.3 Å². The monoisotopic (exact) mass is 318 g/mol. The van der Waals surface area contributed by atoms with Gasteiger partial charge in [0.05, 0.1) is 5.75 Å². The van der Waals surface area contributed by atoms with Crippen molar-refractivity contribution in [2.45, 2.75) is 44.2 Å². The number of rotatable bonds is 5. The van der Waals surface area contributed by atoms with Gasteiger partial charge in [-0.2, -0.15) is 0 Å². The van der Waals surface area contributed by atoms with Gasteiger partial charge in [-0.3, -0.25) is 0 Å². The zero-order valence-electron chi connectivity index (χ0n) is 11.5. The Labute approximate surface area is 127 Å². The summed E-state index contributed by atoms with van der Waals surface area (Å²) in [6.07, 6.45) is 4.46. The molecular weight excluding hydrogens is 296 g/mol. The van der Waals surface area contributed by atoms with Crippen LogP contribution >= 0.6 is 12.4 Å². The maximum absolute atomic E-state index is 12.1. The Kier molecular flexibility index (Phi) is 6.95. The molecule has 0 radical (unpaired) electrons. The predicted molar refractivity (Wildman–Crippen MR) is 84.5 cm³/mol. The van der Waals surface area contributed by atoms with Crippen LogP contribution in [0.15, 0.2) is 30.3 Å². The lowest BCUT2D eigenvalue weighted by atomic mass is 9.92. The summed E-state index contributed by atoms with van der Waals surface area (Å²) in [5.74, 6) is 0.125. The molecular formula is C14H23ClN2O2S. The lowest BCUT2D eigenvalue weighted by Crippen LogP contribution is -2.49. The van der Waals surface area contributed by atoms with Crippen LogP contribution in [-0.2, 0) is 16.4 Å². The summed E-state index contributed by atoms with van der Waals surface area (Å²) in [5, 5.41) is 0. The second-order valence-corrected chi connectivity index (χ2v) is 7.10. The Bertz CT molecular complexity index is 493. The molecule has 20 heavy (non-hydrogen) atoms. The van der Waals surface area contributed by atoms with Crippen molar-refractivity contribution in [3.05, 3.63) is 35.9 Å². The van der Waals surface area contributed by atoms with Crippen LogP contribution in [-0.4, -0.2) is 26.3 Å². The SMILES string of the molecule is Cl.N[C@@H]1CCCC[C@H]1NS(=O)(=O)CCc1ccccc1. The van der Waals surface area contributed by atoms with Crippen LogP contribution in [0.1, 0.15) is 31.2 Å². The van der Waals surface area contributed by atoms with Gasteiger partial charge in [-0.05, 0) is 24.8 Å². The number of benzene rings is 1. The van der Waals surface area contributed by atoms with E-state index in [9.17, 15) is 8.42 Å². The van der Waals surface area contributed by atoms with Gasteiger partial charge in [0.25, 0.3) is 0 Å². The molecule has 1 aromatic carbocycles. The molecule has 1 fully saturated rings. The van der Waals surface area contributed by atoms with Gasteiger partial charge in [-0.25, -0.2) is 13.1 Å². The lowest BCUT2D eigenvalue weighted by Gasteiger charge is -2.29. The first-order chi connectivity index (χ1) is 9.07. The molecule has 114 valence electrons. The van der Waals surface area contributed by atoms with E-state index in [-0.39, 0.29) is 30.2 Å². The van der Waals surface area contributed by atoms with Crippen LogP contribution in [0.2, 0.25) is 0 Å². The largest absolute Gasteiger partial charge is 0.326 e. The van der Waals surface area contributed by atoms with Gasteiger partial charge >= 0.3 is 0 Å². The molecule has 1 aliphatic carbocycles. The topological polar surface area (TPSA) is 72.2 Å². The zero-order chi connectivity index (χ0) is 13.7. The second-order valence-electron chi connectivity index (χ2n) is 5.23. The van der Waals surface area contributed by atoms with Gasteiger partial charge in [0.1, 0.15) is 0 Å². The zero-order valence-corrected chi connectivity index (χ0v) is 13.1. The average molecular weight is 319 g/mol. The Morgan fingerprint density at radius 1 is 1.15 bits per heavy atom. The summed E-state index contributed by atoms with van der Waals surface area (Å²) in [7, 11) is -3.24. The highest BCUT2D eigenvalue weighted by Gasteiger charge is 2.25. The summed E-state index contributed by atoms with van der Waals surface area (Å²) in [5.41, 5.74) is 7.01. The molecule has 0 aliphatic heterocycles. The van der Waals surface area contributed by atoms with Gasteiger partial charge in [0.2, 0.25) is 10.0 Å². The van der Waals surface area contributed by atoms with Crippen LogP contribution in [0.3, 0.4) is 0 Å². The van der Waals surface area contributed by atoms with E-state index in [1.165, 1.54) is 0 Å². The van der Waals surface area contributed by atoms with Crippen LogP contribution in [0.5, 0.6) is 0 Å². The molecule has 2 rings (SSSR count). The molecule has 0 heterocycles. The van der Waals surface area contributed by atoms with E-state index < -0.39 is 10.0 Å². The normalized spacial score (nSPS) is 23.1. The molecule has 0 amide bonds. The fourth-order valence-corrected chi connectivity index (χ4v) is 3.87. The Morgan fingerprint density at radius 2 is 1.80 bits per heavy atom. The molecule has 0 unspecified atom stereocenters. The predicted octanol–water partition coefficient (Wildman–Crippen LogP) is 1.84. The van der Waals surface area contributed by atoms with Crippen LogP contribution in [0.4, 0.5) is 0 Å². The summed E-state index contributed by atoms with van der Waals surface area (Å²) in [6, 6.07) is 9.54. The lowest BCUT2D eigenvalue weighted by molar-refractivity contribution is 0.361. The number of nitrogens with one attached hydrogen (secondary N) is 1. The third-order valence-corrected chi connectivity index (χ3v) is 5.06. The first-order valence-electron chi connectivity index (χ1n) is 6.86. The summed E-state index contributed by atoms with van der Waals surface area (Å²) in [6.45, 7) is 0. The minimum absolute atomic E-state index is 0. The molecule has 4 nitrogen and oxygen atoms in total. The number of halogens is 1. The van der Waals surface area contributed by atoms with Crippen molar-refractivity contribution in [2.24, 2.45) is 5.73 Å². The van der Waals surface area contributed by atoms with Crippen molar-refractivity contribution in [2.75, 3.05) is 5.75 Å². The third kappa shape index (κ3) is 5.40. The Morgan fingerprint density at radius 3 is 2.45 bits per heavy atom. The van der Waals surface area contributed by atoms with Crippen molar-refractivity contribution in [3.63, 3.8) is 0 Å². The van der Waals surface area contributed by atoms with E-state index in [0.717, 1.165) is 31.2 Å². The standard InChI is InChI=1S/C14H22N2O2S.ClH/c15-13-8-4-5-9-14(13)16-19(17,18)11-10-12-6-2-1-3-7-12;/h1-3,6-7,13-14,16H,4-5,8-11,15H2;1H/t13-,14-;/m1./s1. The maximum Gasteiger partial charge on any atom is 0.212 e. The molecule has 0 aromatic heterocycles. The van der Waals surface area contributed by atoms with Gasteiger partial charge in [0, 0.05) is 12.1 Å². The molecule has 3 N–H and O–H groups in total. The quantitative estimate of drug-likeness (QED) is 0.870. The number of hydrogen-bond acceptors (Lipinski definition) is 3. The highest BCUT2D eigenvalue weighted by atomic mass is 35.5. The van der Waals surface area contributed by atoms with E-state index in [2.05, 4.69) is 4.72 Å². The molecule has 6 heteroatoms. The minimum atomic E-state index is -3.24. The van der Waals surface area contributed by atoms with E-state index >= 15 is 0 Å². The number of hydrogen-bond donors (Lipinski definition) is 2. The fraction of sp³-hybridized carbons (Fsp3) is 0.571. The third-order valence-electron chi connectivity index (χ3n) is 3.65. The Hall–Kier alpha value is -0.620. The van der Waals surface area contributed by atoms with E-state index in [0.29, 0.717) is 6.42 Å². The summed E-state index contributed by atoms with van der Waals surface area (Å²) >= 11 is 0. The molecule has 2 atom stereocenters. The summed E-state index contributed by atoms with van der Waals surface area (Å²) < 4.78 is 26.9. The smallest absolute Gasteiger partial charge is 0.212 e. The highest BCUT2D eigenvalue weighted by molar-refractivity contribution is 7.89. The molecule has 0 bridgehead atoms. The van der Waals surface area contributed by atoms with Crippen molar-refractivity contribution < 1.29 is 8.42 Å². The van der Waals surface area contributed by atoms with Crippen LogP contribution in [0.25, 0.3) is 0 Å². The first-order valence-corrected chi connectivity index (χ1v) is 8.51. The molecule has 1 saturated carbocycles. The molecule has 1 aromatic rings. The van der Waals surface area contributed by atoms with Gasteiger partial charge < -0.3 is 5.73 Å². The van der Waals surface area contributed by atoms with Crippen molar-refractivity contribution in [3.8, 4) is 0 Å². The van der Waals surface area contributed by atoms with Crippen LogP contribution in [0, 0.1) is 0 Å².